The number of pyridine rings is 1. The molecule has 0 amide bonds. The van der Waals surface area contributed by atoms with Gasteiger partial charge in [-0.1, -0.05) is 0 Å². The van der Waals surface area contributed by atoms with Crippen LogP contribution in [-0.2, 0) is 16.1 Å². The van der Waals surface area contributed by atoms with Gasteiger partial charge in [0.15, 0.2) is 0 Å². The van der Waals surface area contributed by atoms with Gasteiger partial charge in [-0.15, -0.1) is 0 Å². The third-order valence-electron chi connectivity index (χ3n) is 2.35. The second kappa shape index (κ2) is 4.97. The molecule has 6 nitrogen and oxygen atoms in total. The second-order valence-corrected chi connectivity index (χ2v) is 3.90. The predicted octanol–water partition coefficient (Wildman–Crippen LogP) is 0.604. The first-order valence-electron chi connectivity index (χ1n) is 5.35. The summed E-state index contributed by atoms with van der Waals surface area (Å²) in [6.07, 6.45) is 1.65. The van der Waals surface area contributed by atoms with Crippen molar-refractivity contribution in [3.63, 3.8) is 0 Å². The number of aryl methyl sites for hydroxylation is 1. The number of carbonyl (C=O) groups is 1. The van der Waals surface area contributed by atoms with Crippen LogP contribution in [0.4, 0.5) is 0 Å². The molecule has 0 aliphatic carbocycles. The Morgan fingerprint density at radius 2 is 2.28 bits per heavy atom. The Kier molecular flexibility index (Phi) is 3.38. The molecule has 0 radical (unpaired) electrons. The Bertz CT molecular complexity index is 648. The number of nitrogens with zero attached hydrogens (tertiary/aromatic N) is 2. The zero-order valence-corrected chi connectivity index (χ0v) is 9.79. The lowest BCUT2D eigenvalue weighted by Gasteiger charge is -2.04. The normalized spacial score (nSPS) is 10.7. The fourth-order valence-electron chi connectivity index (χ4n) is 1.57. The minimum absolute atomic E-state index is 0.00593. The highest BCUT2D eigenvalue weighted by Crippen LogP contribution is 2.03. The largest absolute Gasteiger partial charge is 0.480 e. The zero-order valence-electron chi connectivity index (χ0n) is 9.79. The first kappa shape index (κ1) is 12.3. The SMILES string of the molecule is Cc1ccn2c(=O)cc(COCC(=O)O)nc2c1. The van der Waals surface area contributed by atoms with Crippen LogP contribution in [0.5, 0.6) is 0 Å². The summed E-state index contributed by atoms with van der Waals surface area (Å²) in [4.78, 5) is 26.3. The lowest BCUT2D eigenvalue weighted by atomic mass is 10.3. The highest BCUT2D eigenvalue weighted by atomic mass is 16.5. The molecular weight excluding hydrogens is 236 g/mol. The first-order valence-corrected chi connectivity index (χ1v) is 5.35. The summed E-state index contributed by atoms with van der Waals surface area (Å²) in [7, 11) is 0. The molecule has 0 aliphatic rings. The monoisotopic (exact) mass is 248 g/mol. The van der Waals surface area contributed by atoms with Crippen molar-refractivity contribution in [2.75, 3.05) is 6.61 Å². The van der Waals surface area contributed by atoms with E-state index in [0.29, 0.717) is 11.3 Å². The van der Waals surface area contributed by atoms with Crippen LogP contribution in [-0.4, -0.2) is 27.1 Å². The maximum Gasteiger partial charge on any atom is 0.329 e. The Morgan fingerprint density at radius 3 is 3.00 bits per heavy atom. The molecule has 0 fully saturated rings. The molecule has 2 aromatic rings. The van der Waals surface area contributed by atoms with E-state index in [9.17, 15) is 9.59 Å². The van der Waals surface area contributed by atoms with E-state index >= 15 is 0 Å². The van der Waals surface area contributed by atoms with E-state index < -0.39 is 12.6 Å². The number of aliphatic carboxylic acids is 1. The fourth-order valence-corrected chi connectivity index (χ4v) is 1.57. The number of hydrogen-bond acceptors (Lipinski definition) is 4. The molecule has 0 aliphatic heterocycles. The third kappa shape index (κ3) is 2.72. The number of fused-ring (bicyclic) bond motifs is 1. The van der Waals surface area contributed by atoms with Gasteiger partial charge in [-0.05, 0) is 24.6 Å². The van der Waals surface area contributed by atoms with E-state index in [1.165, 1.54) is 10.5 Å². The van der Waals surface area contributed by atoms with Crippen LogP contribution >= 0.6 is 0 Å². The Morgan fingerprint density at radius 1 is 1.50 bits per heavy atom. The summed E-state index contributed by atoms with van der Waals surface area (Å²) >= 11 is 0. The van der Waals surface area contributed by atoms with Gasteiger partial charge in [-0.2, -0.15) is 0 Å². The van der Waals surface area contributed by atoms with E-state index in [4.69, 9.17) is 9.84 Å². The lowest BCUT2D eigenvalue weighted by molar-refractivity contribution is -0.142. The van der Waals surface area contributed by atoms with E-state index in [2.05, 4.69) is 4.98 Å². The third-order valence-corrected chi connectivity index (χ3v) is 2.35. The molecule has 6 heteroatoms. The summed E-state index contributed by atoms with van der Waals surface area (Å²) in [5.41, 5.74) is 1.72. The molecule has 0 bridgehead atoms. The Hall–Kier alpha value is -2.21. The lowest BCUT2D eigenvalue weighted by Crippen LogP contribution is -2.16. The van der Waals surface area contributed by atoms with Crippen LogP contribution in [0.2, 0.25) is 0 Å². The summed E-state index contributed by atoms with van der Waals surface area (Å²) in [6, 6.07) is 4.93. The summed E-state index contributed by atoms with van der Waals surface area (Å²) in [5.74, 6) is -1.05. The highest BCUT2D eigenvalue weighted by Gasteiger charge is 2.04. The Balaban J connectivity index is 2.30. The van der Waals surface area contributed by atoms with Gasteiger partial charge in [-0.25, -0.2) is 9.78 Å². The zero-order chi connectivity index (χ0) is 13.1. The van der Waals surface area contributed by atoms with Crippen LogP contribution in [0, 0.1) is 6.92 Å². The predicted molar refractivity (Wildman–Crippen MR) is 63.5 cm³/mol. The molecular formula is C12H12N2O4. The molecule has 2 aromatic heterocycles. The molecule has 18 heavy (non-hydrogen) atoms. The molecule has 2 heterocycles. The maximum absolute atomic E-state index is 11.8. The molecule has 0 atom stereocenters. The van der Waals surface area contributed by atoms with E-state index in [1.54, 1.807) is 12.3 Å². The van der Waals surface area contributed by atoms with Crippen LogP contribution < -0.4 is 5.56 Å². The van der Waals surface area contributed by atoms with Crippen LogP contribution in [0.15, 0.2) is 29.2 Å². The molecule has 2 rings (SSSR count). The topological polar surface area (TPSA) is 80.9 Å². The van der Waals surface area contributed by atoms with Gasteiger partial charge in [-0.3, -0.25) is 9.20 Å². The Labute approximate surface area is 102 Å². The average Bonchev–Trinajstić information content (AvgIpc) is 2.27. The summed E-state index contributed by atoms with van der Waals surface area (Å²) in [6.45, 7) is 1.50. The van der Waals surface area contributed by atoms with E-state index in [1.807, 2.05) is 13.0 Å². The van der Waals surface area contributed by atoms with Gasteiger partial charge in [0, 0.05) is 12.3 Å². The molecule has 0 saturated heterocycles. The molecule has 94 valence electrons. The van der Waals surface area contributed by atoms with Crippen molar-refractivity contribution in [2.45, 2.75) is 13.5 Å². The van der Waals surface area contributed by atoms with Gasteiger partial charge in [0.05, 0.1) is 12.3 Å². The highest BCUT2D eigenvalue weighted by molar-refractivity contribution is 5.67. The smallest absolute Gasteiger partial charge is 0.329 e. The standard InChI is InChI=1S/C12H12N2O4/c1-8-2-3-14-10(4-8)13-9(5-11(14)15)6-18-7-12(16)17/h2-5H,6-7H2,1H3,(H,16,17). The quantitative estimate of drug-likeness (QED) is 0.857. The molecule has 1 N–H and O–H groups in total. The van der Waals surface area contributed by atoms with Gasteiger partial charge in [0.2, 0.25) is 0 Å². The number of hydrogen-bond donors (Lipinski definition) is 1. The minimum Gasteiger partial charge on any atom is -0.480 e. The van der Waals surface area contributed by atoms with Crippen molar-refractivity contribution in [1.82, 2.24) is 9.38 Å². The number of carboxylic acids is 1. The van der Waals surface area contributed by atoms with Crippen molar-refractivity contribution >= 4 is 11.6 Å². The minimum atomic E-state index is -1.05. The first-order chi connectivity index (χ1) is 8.56. The number of ether oxygens (including phenoxy) is 1. The van der Waals surface area contributed by atoms with E-state index in [-0.39, 0.29) is 12.2 Å². The number of carboxylic acid groups (broad SMARTS) is 1. The maximum atomic E-state index is 11.8. The average molecular weight is 248 g/mol. The van der Waals surface area contributed by atoms with Crippen LogP contribution in [0.1, 0.15) is 11.3 Å². The fraction of sp³-hybridized carbons (Fsp3) is 0.250. The van der Waals surface area contributed by atoms with E-state index in [0.717, 1.165) is 5.56 Å². The van der Waals surface area contributed by atoms with Crippen LogP contribution in [0.25, 0.3) is 5.65 Å². The second-order valence-electron chi connectivity index (χ2n) is 3.90. The van der Waals surface area contributed by atoms with Crippen molar-refractivity contribution in [2.24, 2.45) is 0 Å². The molecule has 0 unspecified atom stereocenters. The molecule has 0 spiro atoms. The van der Waals surface area contributed by atoms with Crippen molar-refractivity contribution in [3.8, 4) is 0 Å². The molecule has 0 aromatic carbocycles. The van der Waals surface area contributed by atoms with Crippen molar-refractivity contribution in [1.29, 1.82) is 0 Å². The summed E-state index contributed by atoms with van der Waals surface area (Å²) in [5, 5.41) is 8.44. The van der Waals surface area contributed by atoms with Crippen LogP contribution in [0.3, 0.4) is 0 Å². The van der Waals surface area contributed by atoms with Gasteiger partial charge >= 0.3 is 5.97 Å². The van der Waals surface area contributed by atoms with Crippen molar-refractivity contribution < 1.29 is 14.6 Å². The number of aromatic nitrogens is 2. The van der Waals surface area contributed by atoms with Gasteiger partial charge in [0.25, 0.3) is 5.56 Å². The van der Waals surface area contributed by atoms with Gasteiger partial charge in [0.1, 0.15) is 12.3 Å². The molecule has 0 saturated carbocycles. The number of rotatable bonds is 4. The van der Waals surface area contributed by atoms with Gasteiger partial charge < -0.3 is 9.84 Å². The van der Waals surface area contributed by atoms with Crippen molar-refractivity contribution in [3.05, 3.63) is 46.0 Å². The summed E-state index contributed by atoms with van der Waals surface area (Å²) < 4.78 is 6.33.